The van der Waals surface area contributed by atoms with Gasteiger partial charge in [0, 0.05) is 11.5 Å². The van der Waals surface area contributed by atoms with Gasteiger partial charge in [-0.05, 0) is 29.9 Å². The molecule has 0 saturated heterocycles. The Labute approximate surface area is 111 Å². The summed E-state index contributed by atoms with van der Waals surface area (Å²) in [5.41, 5.74) is 3.55. The molecule has 0 amide bonds. The molecule has 2 aromatic heterocycles. The monoisotopic (exact) mass is 258 g/mol. The van der Waals surface area contributed by atoms with Gasteiger partial charge in [0.15, 0.2) is 0 Å². The molecule has 0 spiro atoms. The first kappa shape index (κ1) is 11.1. The summed E-state index contributed by atoms with van der Waals surface area (Å²) in [5, 5.41) is 21.8. The van der Waals surface area contributed by atoms with Crippen molar-refractivity contribution in [3.05, 3.63) is 11.3 Å². The van der Waals surface area contributed by atoms with Crippen LogP contribution in [0.5, 0.6) is 0 Å². The van der Waals surface area contributed by atoms with Crippen molar-refractivity contribution >= 4 is 0 Å². The fourth-order valence-corrected chi connectivity index (χ4v) is 3.70. The van der Waals surface area contributed by atoms with Crippen LogP contribution in [0.4, 0.5) is 0 Å². The third-order valence-corrected chi connectivity index (χ3v) is 4.70. The maximum atomic E-state index is 4.51. The molecule has 0 radical (unpaired) electrons. The van der Waals surface area contributed by atoms with E-state index in [0.717, 1.165) is 24.0 Å². The number of tetrazole rings is 1. The normalized spacial score (nSPS) is 27.3. The van der Waals surface area contributed by atoms with Gasteiger partial charge in [0.05, 0.1) is 5.69 Å². The molecule has 1 unspecified atom stereocenters. The van der Waals surface area contributed by atoms with Crippen LogP contribution in [0.15, 0.2) is 0 Å². The molecule has 6 heteroatoms. The Morgan fingerprint density at radius 3 is 3.00 bits per heavy atom. The highest BCUT2D eigenvalue weighted by molar-refractivity contribution is 5.59. The SMILES string of the molecule is CCCCCC1[C@H]2c3n[nH]c(-c4nn[nH]n4)c3C[C@@H]12. The van der Waals surface area contributed by atoms with E-state index in [4.69, 9.17) is 0 Å². The Bertz CT molecular complexity index is 572. The van der Waals surface area contributed by atoms with Crippen molar-refractivity contribution in [3.63, 3.8) is 0 Å². The van der Waals surface area contributed by atoms with Gasteiger partial charge >= 0.3 is 0 Å². The van der Waals surface area contributed by atoms with E-state index in [2.05, 4.69) is 37.7 Å². The minimum atomic E-state index is 0.637. The van der Waals surface area contributed by atoms with Crippen molar-refractivity contribution in [1.29, 1.82) is 0 Å². The Hall–Kier alpha value is -1.72. The number of hydrogen-bond acceptors (Lipinski definition) is 4. The molecule has 2 aliphatic carbocycles. The van der Waals surface area contributed by atoms with Gasteiger partial charge in [-0.15, -0.1) is 10.2 Å². The van der Waals surface area contributed by atoms with Crippen molar-refractivity contribution in [2.24, 2.45) is 11.8 Å². The van der Waals surface area contributed by atoms with Gasteiger partial charge in [0.2, 0.25) is 5.82 Å². The molecule has 19 heavy (non-hydrogen) atoms. The molecule has 1 saturated carbocycles. The van der Waals surface area contributed by atoms with Crippen LogP contribution in [-0.2, 0) is 6.42 Å². The van der Waals surface area contributed by atoms with E-state index >= 15 is 0 Å². The van der Waals surface area contributed by atoms with Crippen LogP contribution in [0.1, 0.15) is 49.8 Å². The molecule has 2 heterocycles. The first-order valence-electron chi connectivity index (χ1n) is 7.21. The highest BCUT2D eigenvalue weighted by atomic mass is 15.5. The summed E-state index contributed by atoms with van der Waals surface area (Å²) >= 11 is 0. The summed E-state index contributed by atoms with van der Waals surface area (Å²) in [6, 6.07) is 0. The topological polar surface area (TPSA) is 83.1 Å². The van der Waals surface area contributed by atoms with Gasteiger partial charge in [-0.25, -0.2) is 0 Å². The minimum Gasteiger partial charge on any atom is -0.274 e. The maximum absolute atomic E-state index is 4.51. The molecule has 0 aliphatic heterocycles. The molecule has 2 aliphatic rings. The average molecular weight is 258 g/mol. The number of nitrogens with zero attached hydrogens (tertiary/aromatic N) is 4. The van der Waals surface area contributed by atoms with E-state index in [0.29, 0.717) is 11.7 Å². The van der Waals surface area contributed by atoms with E-state index in [1.807, 2.05) is 0 Å². The summed E-state index contributed by atoms with van der Waals surface area (Å²) in [7, 11) is 0. The average Bonchev–Trinajstić information content (AvgIpc) is 2.90. The largest absolute Gasteiger partial charge is 0.274 e. The molecule has 2 N–H and O–H groups in total. The predicted octanol–water partition coefficient (Wildman–Crippen LogP) is 2.06. The molecule has 6 nitrogen and oxygen atoms in total. The Morgan fingerprint density at radius 2 is 2.21 bits per heavy atom. The lowest BCUT2D eigenvalue weighted by molar-refractivity contribution is 0.571. The van der Waals surface area contributed by atoms with Crippen LogP contribution in [0.2, 0.25) is 0 Å². The van der Waals surface area contributed by atoms with E-state index in [1.165, 1.54) is 36.9 Å². The zero-order chi connectivity index (χ0) is 12.8. The van der Waals surface area contributed by atoms with E-state index in [1.54, 1.807) is 0 Å². The van der Waals surface area contributed by atoms with Gasteiger partial charge in [-0.2, -0.15) is 10.3 Å². The lowest BCUT2D eigenvalue weighted by Crippen LogP contribution is -1.95. The van der Waals surface area contributed by atoms with Crippen LogP contribution in [0.3, 0.4) is 0 Å². The van der Waals surface area contributed by atoms with Gasteiger partial charge < -0.3 is 0 Å². The van der Waals surface area contributed by atoms with Crippen molar-refractivity contribution in [3.8, 4) is 11.5 Å². The summed E-state index contributed by atoms with van der Waals surface area (Å²) < 4.78 is 0. The minimum absolute atomic E-state index is 0.637. The third-order valence-electron chi connectivity index (χ3n) is 4.70. The lowest BCUT2D eigenvalue weighted by Gasteiger charge is -2.03. The molecule has 2 aromatic rings. The molecule has 1 fully saturated rings. The van der Waals surface area contributed by atoms with Crippen molar-refractivity contribution in [2.75, 3.05) is 0 Å². The molecule has 100 valence electrons. The second-order valence-corrected chi connectivity index (χ2v) is 5.75. The first-order chi connectivity index (χ1) is 9.40. The number of rotatable bonds is 5. The van der Waals surface area contributed by atoms with Crippen LogP contribution >= 0.6 is 0 Å². The molecule has 4 rings (SSSR count). The fraction of sp³-hybridized carbons (Fsp3) is 0.692. The molecule has 3 atom stereocenters. The van der Waals surface area contributed by atoms with Crippen LogP contribution in [0.25, 0.3) is 11.5 Å². The number of fused-ring (bicyclic) bond motifs is 3. The van der Waals surface area contributed by atoms with Crippen LogP contribution < -0.4 is 0 Å². The van der Waals surface area contributed by atoms with Crippen molar-refractivity contribution < 1.29 is 0 Å². The van der Waals surface area contributed by atoms with Crippen molar-refractivity contribution in [1.82, 2.24) is 30.8 Å². The number of aromatic amines is 2. The van der Waals surface area contributed by atoms with Gasteiger partial charge in [0.25, 0.3) is 0 Å². The third kappa shape index (κ3) is 1.62. The van der Waals surface area contributed by atoms with Crippen molar-refractivity contribution in [2.45, 2.75) is 44.9 Å². The number of nitrogens with one attached hydrogen (secondary N) is 2. The number of aromatic nitrogens is 6. The summed E-state index contributed by atoms with van der Waals surface area (Å²) in [6.07, 6.45) is 6.53. The second kappa shape index (κ2) is 4.15. The smallest absolute Gasteiger partial charge is 0.222 e. The summed E-state index contributed by atoms with van der Waals surface area (Å²) in [6.45, 7) is 2.26. The van der Waals surface area contributed by atoms with Crippen LogP contribution in [-0.4, -0.2) is 30.8 Å². The quantitative estimate of drug-likeness (QED) is 0.804. The van der Waals surface area contributed by atoms with Crippen LogP contribution in [0, 0.1) is 11.8 Å². The van der Waals surface area contributed by atoms with E-state index in [-0.39, 0.29) is 0 Å². The fourth-order valence-electron chi connectivity index (χ4n) is 3.70. The Kier molecular flexibility index (Phi) is 2.43. The summed E-state index contributed by atoms with van der Waals surface area (Å²) in [5.74, 6) is 3.04. The zero-order valence-electron chi connectivity index (χ0n) is 11.1. The number of unbranched alkanes of at least 4 members (excludes halogenated alkanes) is 2. The molecule has 0 aromatic carbocycles. The maximum Gasteiger partial charge on any atom is 0.222 e. The van der Waals surface area contributed by atoms with E-state index < -0.39 is 0 Å². The first-order valence-corrected chi connectivity index (χ1v) is 7.21. The standard InChI is InChI=1S/C13H18N6/c1-2-3-4-5-7-8-6-9-11(10(7)8)14-15-12(9)13-16-18-19-17-13/h7-8,10H,2-6H2,1H3,(H,14,15)(H,16,17,18,19)/t7?,8-,10+/m0/s1. The number of H-pyrrole nitrogens is 2. The molecule has 0 bridgehead atoms. The molecular weight excluding hydrogens is 240 g/mol. The highest BCUT2D eigenvalue weighted by Gasteiger charge is 2.57. The lowest BCUT2D eigenvalue weighted by atomic mass is 10.0. The van der Waals surface area contributed by atoms with Gasteiger partial charge in [0.1, 0.15) is 5.69 Å². The second-order valence-electron chi connectivity index (χ2n) is 5.75. The van der Waals surface area contributed by atoms with Gasteiger partial charge in [-0.1, -0.05) is 26.2 Å². The highest BCUT2D eigenvalue weighted by Crippen LogP contribution is 2.63. The van der Waals surface area contributed by atoms with Gasteiger partial charge in [-0.3, -0.25) is 5.10 Å². The Balaban J connectivity index is 1.51. The zero-order valence-corrected chi connectivity index (χ0v) is 11.1. The number of hydrogen-bond donors (Lipinski definition) is 2. The summed E-state index contributed by atoms with van der Waals surface area (Å²) in [4.78, 5) is 0. The molecular formula is C13H18N6. The van der Waals surface area contributed by atoms with E-state index in [9.17, 15) is 0 Å². The Morgan fingerprint density at radius 1 is 1.26 bits per heavy atom. The predicted molar refractivity (Wildman–Crippen MR) is 69.3 cm³/mol.